The molecule has 0 saturated heterocycles. The zero-order valence-electron chi connectivity index (χ0n) is 9.60. The molecule has 0 saturated carbocycles. The van der Waals surface area contributed by atoms with Crippen molar-refractivity contribution in [2.75, 3.05) is 5.32 Å². The molecular formula is C13H11NO4. The third kappa shape index (κ3) is 2.10. The molecule has 0 radical (unpaired) electrons. The van der Waals surface area contributed by atoms with Crippen molar-refractivity contribution < 1.29 is 19.8 Å². The lowest BCUT2D eigenvalue weighted by molar-refractivity contribution is -0.114. The number of benzene rings is 2. The minimum absolute atomic E-state index is 0.0469. The van der Waals surface area contributed by atoms with Gasteiger partial charge in [-0.2, -0.15) is 0 Å². The summed E-state index contributed by atoms with van der Waals surface area (Å²) in [6.07, 6.45) is 0. The molecule has 0 spiro atoms. The van der Waals surface area contributed by atoms with Gasteiger partial charge in [-0.1, -0.05) is 12.1 Å². The molecule has 2 aromatic carbocycles. The van der Waals surface area contributed by atoms with Crippen molar-refractivity contribution in [2.45, 2.75) is 6.92 Å². The summed E-state index contributed by atoms with van der Waals surface area (Å²) in [4.78, 5) is 22.3. The number of carbonyl (C=O) groups is 2. The molecule has 1 amide bonds. The highest BCUT2D eigenvalue weighted by atomic mass is 16.4. The number of anilines is 1. The zero-order valence-corrected chi connectivity index (χ0v) is 9.60. The van der Waals surface area contributed by atoms with Gasteiger partial charge in [-0.25, -0.2) is 4.79 Å². The molecule has 0 aromatic heterocycles. The molecule has 2 aromatic rings. The fourth-order valence-electron chi connectivity index (χ4n) is 1.87. The van der Waals surface area contributed by atoms with Crippen molar-refractivity contribution >= 4 is 28.3 Å². The number of carboxylic acids is 1. The van der Waals surface area contributed by atoms with Gasteiger partial charge in [-0.3, -0.25) is 4.79 Å². The van der Waals surface area contributed by atoms with Crippen molar-refractivity contribution in [3.05, 3.63) is 35.9 Å². The van der Waals surface area contributed by atoms with Crippen molar-refractivity contribution in [1.82, 2.24) is 0 Å². The minimum Gasteiger partial charge on any atom is -0.508 e. The molecule has 0 aliphatic rings. The molecule has 0 fully saturated rings. The highest BCUT2D eigenvalue weighted by molar-refractivity contribution is 6.12. The van der Waals surface area contributed by atoms with Crippen LogP contribution in [0.2, 0.25) is 0 Å². The number of phenols is 1. The molecule has 0 aliphatic carbocycles. The lowest BCUT2D eigenvalue weighted by Gasteiger charge is -2.10. The van der Waals surface area contributed by atoms with Crippen molar-refractivity contribution in [1.29, 1.82) is 0 Å². The maximum Gasteiger partial charge on any atom is 0.336 e. The molecule has 0 bridgehead atoms. The molecule has 0 aliphatic heterocycles. The van der Waals surface area contributed by atoms with E-state index < -0.39 is 5.97 Å². The first-order valence-electron chi connectivity index (χ1n) is 5.25. The van der Waals surface area contributed by atoms with Crippen molar-refractivity contribution in [3.63, 3.8) is 0 Å². The van der Waals surface area contributed by atoms with Crippen LogP contribution in [0, 0.1) is 0 Å². The van der Waals surface area contributed by atoms with Gasteiger partial charge < -0.3 is 15.5 Å². The van der Waals surface area contributed by atoms with E-state index in [1.54, 1.807) is 18.2 Å². The van der Waals surface area contributed by atoms with Gasteiger partial charge in [0.25, 0.3) is 0 Å². The normalized spacial score (nSPS) is 10.3. The zero-order chi connectivity index (χ0) is 13.3. The second kappa shape index (κ2) is 4.37. The summed E-state index contributed by atoms with van der Waals surface area (Å²) < 4.78 is 0. The van der Waals surface area contributed by atoms with E-state index in [2.05, 4.69) is 5.32 Å². The second-order valence-corrected chi connectivity index (χ2v) is 3.88. The molecule has 2 rings (SSSR count). The number of carbonyl (C=O) groups excluding carboxylic acids is 1. The first-order chi connectivity index (χ1) is 8.49. The molecule has 0 heterocycles. The lowest BCUT2D eigenvalue weighted by Crippen LogP contribution is -2.08. The predicted octanol–water partition coefficient (Wildman–Crippen LogP) is 2.20. The Labute approximate surface area is 103 Å². The van der Waals surface area contributed by atoms with Crippen LogP contribution in [0.4, 0.5) is 5.69 Å². The number of hydrogen-bond donors (Lipinski definition) is 3. The third-order valence-electron chi connectivity index (χ3n) is 2.50. The average molecular weight is 245 g/mol. The molecule has 0 atom stereocenters. The Hall–Kier alpha value is -2.56. The molecule has 5 nitrogen and oxygen atoms in total. The summed E-state index contributed by atoms with van der Waals surface area (Å²) in [6.45, 7) is 1.35. The molecule has 3 N–H and O–H groups in total. The number of carboxylic acid groups (broad SMARTS) is 1. The topological polar surface area (TPSA) is 86.6 Å². The maximum absolute atomic E-state index is 11.2. The molecular weight excluding hydrogens is 234 g/mol. The highest BCUT2D eigenvalue weighted by Gasteiger charge is 2.14. The Kier molecular flexibility index (Phi) is 2.89. The van der Waals surface area contributed by atoms with E-state index in [-0.39, 0.29) is 17.2 Å². The number of rotatable bonds is 2. The molecule has 0 unspecified atom stereocenters. The van der Waals surface area contributed by atoms with E-state index in [9.17, 15) is 14.7 Å². The van der Waals surface area contributed by atoms with Crippen LogP contribution in [0.1, 0.15) is 17.3 Å². The van der Waals surface area contributed by atoms with Gasteiger partial charge in [-0.15, -0.1) is 0 Å². The lowest BCUT2D eigenvalue weighted by atomic mass is 10.0. The van der Waals surface area contributed by atoms with Crippen LogP contribution in [0.3, 0.4) is 0 Å². The van der Waals surface area contributed by atoms with Crippen molar-refractivity contribution in [3.8, 4) is 5.75 Å². The largest absolute Gasteiger partial charge is 0.508 e. The molecule has 5 heteroatoms. The van der Waals surface area contributed by atoms with Gasteiger partial charge in [0.05, 0.1) is 5.56 Å². The number of aromatic hydroxyl groups is 1. The van der Waals surface area contributed by atoms with E-state index in [1.165, 1.54) is 13.0 Å². The van der Waals surface area contributed by atoms with Gasteiger partial charge in [0, 0.05) is 18.0 Å². The molecule has 18 heavy (non-hydrogen) atoms. The smallest absolute Gasteiger partial charge is 0.336 e. The van der Waals surface area contributed by atoms with Gasteiger partial charge in [0.15, 0.2) is 0 Å². The van der Waals surface area contributed by atoms with Gasteiger partial charge in [0.2, 0.25) is 5.91 Å². The van der Waals surface area contributed by atoms with Crippen LogP contribution in [-0.2, 0) is 4.79 Å². The summed E-state index contributed by atoms with van der Waals surface area (Å²) >= 11 is 0. The second-order valence-electron chi connectivity index (χ2n) is 3.88. The Morgan fingerprint density at radius 3 is 2.56 bits per heavy atom. The van der Waals surface area contributed by atoms with E-state index in [1.807, 2.05) is 0 Å². The summed E-state index contributed by atoms with van der Waals surface area (Å²) in [6, 6.07) is 7.59. The maximum atomic E-state index is 11.2. The average Bonchev–Trinajstić information content (AvgIpc) is 2.26. The number of phenolic OH excluding ortho intramolecular Hbond substituents is 1. The third-order valence-corrected chi connectivity index (χ3v) is 2.50. The van der Waals surface area contributed by atoms with Crippen LogP contribution >= 0.6 is 0 Å². The Balaban J connectivity index is 2.80. The van der Waals surface area contributed by atoms with E-state index >= 15 is 0 Å². The van der Waals surface area contributed by atoms with Crippen molar-refractivity contribution in [2.24, 2.45) is 0 Å². The summed E-state index contributed by atoms with van der Waals surface area (Å²) in [5, 5.41) is 22.2. The Morgan fingerprint density at radius 1 is 1.22 bits per heavy atom. The fraction of sp³-hybridized carbons (Fsp3) is 0.0769. The van der Waals surface area contributed by atoms with E-state index in [0.717, 1.165) is 6.07 Å². The number of nitrogens with one attached hydrogen (secondary N) is 1. The fourth-order valence-corrected chi connectivity index (χ4v) is 1.87. The monoisotopic (exact) mass is 245 g/mol. The van der Waals surface area contributed by atoms with Crippen LogP contribution in [0.5, 0.6) is 5.75 Å². The quantitative estimate of drug-likeness (QED) is 0.757. The number of hydrogen-bond acceptors (Lipinski definition) is 3. The van der Waals surface area contributed by atoms with E-state index in [0.29, 0.717) is 16.5 Å². The summed E-state index contributed by atoms with van der Waals surface area (Å²) in [5.74, 6) is -1.57. The number of amides is 1. The van der Waals surface area contributed by atoms with Crippen LogP contribution in [-0.4, -0.2) is 22.1 Å². The minimum atomic E-state index is -1.16. The van der Waals surface area contributed by atoms with Gasteiger partial charge in [-0.05, 0) is 23.6 Å². The first kappa shape index (κ1) is 11.9. The SMILES string of the molecule is CC(=O)Nc1cccc2cc(O)cc(C(=O)O)c12. The van der Waals surface area contributed by atoms with Crippen LogP contribution < -0.4 is 5.32 Å². The summed E-state index contributed by atoms with van der Waals surface area (Å²) in [7, 11) is 0. The van der Waals surface area contributed by atoms with Gasteiger partial charge in [0.1, 0.15) is 5.75 Å². The predicted molar refractivity (Wildman–Crippen MR) is 66.9 cm³/mol. The Bertz CT molecular complexity index is 649. The number of aromatic carboxylic acids is 1. The number of fused-ring (bicyclic) bond motifs is 1. The van der Waals surface area contributed by atoms with E-state index in [4.69, 9.17) is 5.11 Å². The summed E-state index contributed by atoms with van der Waals surface area (Å²) in [5.41, 5.74) is 0.367. The molecule has 92 valence electrons. The first-order valence-corrected chi connectivity index (χ1v) is 5.25. The van der Waals surface area contributed by atoms with Gasteiger partial charge >= 0.3 is 5.97 Å². The highest BCUT2D eigenvalue weighted by Crippen LogP contribution is 2.30. The Morgan fingerprint density at radius 2 is 1.94 bits per heavy atom. The van der Waals surface area contributed by atoms with Crippen LogP contribution in [0.25, 0.3) is 10.8 Å². The van der Waals surface area contributed by atoms with Crippen LogP contribution in [0.15, 0.2) is 30.3 Å². The standard InChI is InChI=1S/C13H11NO4/c1-7(15)14-11-4-2-3-8-5-9(16)6-10(12(8)11)13(17)18/h2-6,16H,1H3,(H,14,15)(H,17,18).